The number of benzene rings is 1. The van der Waals surface area contributed by atoms with Gasteiger partial charge in [-0.25, -0.2) is 0 Å². The van der Waals surface area contributed by atoms with Crippen molar-refractivity contribution in [3.63, 3.8) is 0 Å². The van der Waals surface area contributed by atoms with Crippen LogP contribution in [0.25, 0.3) is 11.3 Å². The molecule has 1 aromatic carbocycles. The third kappa shape index (κ3) is 3.40. The smallest absolute Gasteiger partial charge is 0.416 e. The van der Waals surface area contributed by atoms with E-state index in [0.29, 0.717) is 11.3 Å². The minimum Gasteiger partial charge on any atom is -0.461 e. The van der Waals surface area contributed by atoms with Crippen LogP contribution < -0.4 is 0 Å². The van der Waals surface area contributed by atoms with E-state index in [9.17, 15) is 13.2 Å². The molecule has 19 heavy (non-hydrogen) atoms. The summed E-state index contributed by atoms with van der Waals surface area (Å²) >= 11 is 0. The Morgan fingerprint density at radius 1 is 1.00 bits per heavy atom. The van der Waals surface area contributed by atoms with Gasteiger partial charge >= 0.3 is 6.18 Å². The Labute approximate surface area is 110 Å². The van der Waals surface area contributed by atoms with E-state index in [1.54, 1.807) is 6.07 Å². The van der Waals surface area contributed by atoms with Crippen molar-refractivity contribution in [2.24, 2.45) is 0 Å². The number of aryl methyl sites for hydroxylation is 1. The summed E-state index contributed by atoms with van der Waals surface area (Å²) in [5, 5.41) is 0. The highest BCUT2D eigenvalue weighted by Gasteiger charge is 2.30. The number of unbranched alkanes of at least 4 members (excludes halogenated alkanes) is 1. The molecule has 102 valence electrons. The van der Waals surface area contributed by atoms with Crippen LogP contribution >= 0.6 is 0 Å². The van der Waals surface area contributed by atoms with Gasteiger partial charge in [-0.1, -0.05) is 25.5 Å². The van der Waals surface area contributed by atoms with E-state index in [-0.39, 0.29) is 0 Å². The van der Waals surface area contributed by atoms with Crippen molar-refractivity contribution in [2.45, 2.75) is 32.4 Å². The monoisotopic (exact) mass is 268 g/mol. The average Bonchev–Trinajstić information content (AvgIpc) is 2.84. The molecule has 0 spiro atoms. The van der Waals surface area contributed by atoms with E-state index in [4.69, 9.17) is 4.42 Å². The summed E-state index contributed by atoms with van der Waals surface area (Å²) in [5.41, 5.74) is 0.0183. The maximum Gasteiger partial charge on any atom is 0.416 e. The molecular weight excluding hydrogens is 253 g/mol. The summed E-state index contributed by atoms with van der Waals surface area (Å²) in [6.07, 6.45) is -1.32. The predicted octanol–water partition coefficient (Wildman–Crippen LogP) is 5.31. The van der Waals surface area contributed by atoms with Crippen LogP contribution in [-0.2, 0) is 12.6 Å². The molecule has 0 aliphatic rings. The topological polar surface area (TPSA) is 13.1 Å². The summed E-state index contributed by atoms with van der Waals surface area (Å²) in [7, 11) is 0. The average molecular weight is 268 g/mol. The van der Waals surface area contributed by atoms with E-state index in [0.717, 1.165) is 37.2 Å². The van der Waals surface area contributed by atoms with Gasteiger partial charge < -0.3 is 4.42 Å². The maximum atomic E-state index is 12.4. The van der Waals surface area contributed by atoms with Gasteiger partial charge in [0.25, 0.3) is 0 Å². The summed E-state index contributed by atoms with van der Waals surface area (Å²) in [6, 6.07) is 8.69. The van der Waals surface area contributed by atoms with Gasteiger partial charge in [-0.2, -0.15) is 13.2 Å². The van der Waals surface area contributed by atoms with Crippen LogP contribution in [0.15, 0.2) is 40.8 Å². The molecular formula is C15H15F3O. The Balaban J connectivity index is 2.16. The quantitative estimate of drug-likeness (QED) is 0.732. The van der Waals surface area contributed by atoms with Crippen molar-refractivity contribution in [3.8, 4) is 11.3 Å². The Morgan fingerprint density at radius 2 is 1.68 bits per heavy atom. The van der Waals surface area contributed by atoms with Gasteiger partial charge in [-0.15, -0.1) is 0 Å². The van der Waals surface area contributed by atoms with Crippen molar-refractivity contribution in [3.05, 3.63) is 47.7 Å². The van der Waals surface area contributed by atoms with E-state index in [1.165, 1.54) is 12.1 Å². The molecule has 1 heterocycles. The molecule has 4 heteroatoms. The minimum absolute atomic E-state index is 0.611. The van der Waals surface area contributed by atoms with Gasteiger partial charge in [0.05, 0.1) is 5.56 Å². The second kappa shape index (κ2) is 5.51. The number of hydrogen-bond acceptors (Lipinski definition) is 1. The van der Waals surface area contributed by atoms with Gasteiger partial charge in [-0.3, -0.25) is 0 Å². The molecule has 0 unspecified atom stereocenters. The lowest BCUT2D eigenvalue weighted by Gasteiger charge is -2.06. The van der Waals surface area contributed by atoms with Crippen molar-refractivity contribution in [2.75, 3.05) is 0 Å². The zero-order chi connectivity index (χ0) is 13.9. The van der Waals surface area contributed by atoms with Gasteiger partial charge in [0.15, 0.2) is 0 Å². The number of hydrogen-bond donors (Lipinski definition) is 0. The first-order valence-corrected chi connectivity index (χ1v) is 6.27. The zero-order valence-corrected chi connectivity index (χ0v) is 10.6. The lowest BCUT2D eigenvalue weighted by Crippen LogP contribution is -2.03. The van der Waals surface area contributed by atoms with E-state index < -0.39 is 11.7 Å². The molecule has 0 aliphatic carbocycles. The molecule has 0 atom stereocenters. The van der Waals surface area contributed by atoms with Crippen LogP contribution in [-0.4, -0.2) is 0 Å². The molecule has 0 N–H and O–H groups in total. The molecule has 2 rings (SSSR count). The fourth-order valence-corrected chi connectivity index (χ4v) is 1.84. The van der Waals surface area contributed by atoms with E-state index in [2.05, 4.69) is 6.92 Å². The minimum atomic E-state index is -4.30. The largest absolute Gasteiger partial charge is 0.461 e. The van der Waals surface area contributed by atoms with Crippen LogP contribution in [0.3, 0.4) is 0 Å². The molecule has 0 radical (unpaired) electrons. The van der Waals surface area contributed by atoms with Gasteiger partial charge in [0, 0.05) is 12.0 Å². The molecule has 1 nitrogen and oxygen atoms in total. The van der Waals surface area contributed by atoms with Gasteiger partial charge in [-0.05, 0) is 30.7 Å². The molecule has 0 amide bonds. The summed E-state index contributed by atoms with van der Waals surface area (Å²) in [4.78, 5) is 0. The second-order valence-corrected chi connectivity index (χ2v) is 4.44. The summed E-state index contributed by atoms with van der Waals surface area (Å²) < 4.78 is 42.9. The summed E-state index contributed by atoms with van der Waals surface area (Å²) in [5.74, 6) is 1.48. The van der Waals surface area contributed by atoms with Crippen LogP contribution in [0.2, 0.25) is 0 Å². The van der Waals surface area contributed by atoms with Gasteiger partial charge in [0.1, 0.15) is 11.5 Å². The van der Waals surface area contributed by atoms with E-state index >= 15 is 0 Å². The van der Waals surface area contributed by atoms with Crippen LogP contribution in [0.5, 0.6) is 0 Å². The Morgan fingerprint density at radius 3 is 2.26 bits per heavy atom. The van der Waals surface area contributed by atoms with Crippen molar-refractivity contribution in [1.29, 1.82) is 0 Å². The van der Waals surface area contributed by atoms with Crippen molar-refractivity contribution < 1.29 is 17.6 Å². The molecule has 0 bridgehead atoms. The first-order valence-electron chi connectivity index (χ1n) is 6.27. The fraction of sp³-hybridized carbons (Fsp3) is 0.333. The molecule has 0 fully saturated rings. The maximum absolute atomic E-state index is 12.4. The lowest BCUT2D eigenvalue weighted by atomic mass is 10.1. The first-order chi connectivity index (χ1) is 9.00. The molecule has 0 aliphatic heterocycles. The lowest BCUT2D eigenvalue weighted by molar-refractivity contribution is -0.137. The Hall–Kier alpha value is -1.71. The van der Waals surface area contributed by atoms with Crippen molar-refractivity contribution in [1.82, 2.24) is 0 Å². The highest BCUT2D eigenvalue weighted by atomic mass is 19.4. The number of alkyl halides is 3. The van der Waals surface area contributed by atoms with Gasteiger partial charge in [0.2, 0.25) is 0 Å². The third-order valence-electron chi connectivity index (χ3n) is 2.94. The first kappa shape index (κ1) is 13.7. The second-order valence-electron chi connectivity index (χ2n) is 4.44. The Bertz CT molecular complexity index is 523. The van der Waals surface area contributed by atoms with E-state index in [1.807, 2.05) is 6.07 Å². The molecule has 1 aromatic heterocycles. The fourth-order valence-electron chi connectivity index (χ4n) is 1.84. The number of rotatable bonds is 4. The van der Waals surface area contributed by atoms with Crippen LogP contribution in [0, 0.1) is 0 Å². The highest BCUT2D eigenvalue weighted by molar-refractivity contribution is 5.58. The standard InChI is InChI=1S/C15H15F3O/c1-2-3-4-13-9-10-14(19-13)11-5-7-12(8-6-11)15(16,17)18/h5-10H,2-4H2,1H3. The van der Waals surface area contributed by atoms with Crippen LogP contribution in [0.1, 0.15) is 31.1 Å². The highest BCUT2D eigenvalue weighted by Crippen LogP contribution is 2.31. The third-order valence-corrected chi connectivity index (χ3v) is 2.94. The number of halogens is 3. The normalized spacial score (nSPS) is 11.8. The Kier molecular flexibility index (Phi) is 3.98. The predicted molar refractivity (Wildman–Crippen MR) is 67.8 cm³/mol. The molecule has 2 aromatic rings. The molecule has 0 saturated carbocycles. The number of furan rings is 1. The molecule has 0 saturated heterocycles. The zero-order valence-electron chi connectivity index (χ0n) is 10.6. The summed E-state index contributed by atoms with van der Waals surface area (Å²) in [6.45, 7) is 2.10. The SMILES string of the molecule is CCCCc1ccc(-c2ccc(C(F)(F)F)cc2)o1. The van der Waals surface area contributed by atoms with Crippen LogP contribution in [0.4, 0.5) is 13.2 Å². The van der Waals surface area contributed by atoms with Crippen molar-refractivity contribution >= 4 is 0 Å².